The number of nitrogens with two attached hydrogens (primary N) is 3. The van der Waals surface area contributed by atoms with Crippen LogP contribution in [0.5, 0.6) is 0 Å². The van der Waals surface area contributed by atoms with Crippen molar-refractivity contribution in [2.75, 3.05) is 24.6 Å². The van der Waals surface area contributed by atoms with E-state index in [-0.39, 0.29) is 34.5 Å². The second kappa shape index (κ2) is 10.0. The first kappa shape index (κ1) is 23.4. The van der Waals surface area contributed by atoms with Crippen molar-refractivity contribution in [2.24, 2.45) is 17.8 Å². The van der Waals surface area contributed by atoms with Crippen molar-refractivity contribution in [3.8, 4) is 11.3 Å². The highest BCUT2D eigenvalue weighted by molar-refractivity contribution is 6.31. The highest BCUT2D eigenvalue weighted by Crippen LogP contribution is 2.20. The van der Waals surface area contributed by atoms with Crippen molar-refractivity contribution in [3.05, 3.63) is 46.9 Å². The molecule has 1 fully saturated rings. The fourth-order valence-electron chi connectivity index (χ4n) is 3.76. The van der Waals surface area contributed by atoms with Gasteiger partial charge in [-0.15, -0.1) is 5.10 Å². The molecule has 0 aliphatic carbocycles. The summed E-state index contributed by atoms with van der Waals surface area (Å²) in [5.41, 5.74) is 20.1. The topological polar surface area (TPSA) is 179 Å². The Morgan fingerprint density at radius 2 is 1.88 bits per heavy atom. The molecule has 13 heteroatoms. The summed E-state index contributed by atoms with van der Waals surface area (Å²) in [5, 5.41) is 11.1. The van der Waals surface area contributed by atoms with E-state index in [9.17, 15) is 4.79 Å². The lowest BCUT2D eigenvalue weighted by atomic mass is 10.0. The summed E-state index contributed by atoms with van der Waals surface area (Å²) in [7, 11) is 1.85. The number of hydrogen-bond acceptors (Lipinski definition) is 8. The molecule has 1 amide bonds. The Bertz CT molecular complexity index is 1200. The summed E-state index contributed by atoms with van der Waals surface area (Å²) < 4.78 is 1.69. The van der Waals surface area contributed by atoms with Crippen molar-refractivity contribution in [1.82, 2.24) is 35.2 Å². The molecule has 0 unspecified atom stereocenters. The first-order chi connectivity index (χ1) is 16.3. The molecule has 1 aromatic carbocycles. The van der Waals surface area contributed by atoms with Gasteiger partial charge in [0, 0.05) is 38.3 Å². The number of anilines is 2. The van der Waals surface area contributed by atoms with Crippen LogP contribution in [-0.4, -0.2) is 60.9 Å². The lowest BCUT2D eigenvalue weighted by molar-refractivity contribution is 0.0998. The summed E-state index contributed by atoms with van der Waals surface area (Å²) in [6.45, 7) is 2.62. The second-order valence-corrected chi connectivity index (χ2v) is 8.46. The van der Waals surface area contributed by atoms with Gasteiger partial charge in [0.05, 0.1) is 6.20 Å². The molecule has 1 saturated heterocycles. The molecule has 1 aliphatic rings. The number of carbonyl (C=O) groups is 1. The number of aliphatic imine (C=N–C) groups is 1. The molecule has 0 radical (unpaired) electrons. The van der Waals surface area contributed by atoms with Gasteiger partial charge in [-0.25, -0.2) is 9.97 Å². The Kier molecular flexibility index (Phi) is 6.89. The van der Waals surface area contributed by atoms with Gasteiger partial charge >= 0.3 is 5.91 Å². The van der Waals surface area contributed by atoms with E-state index in [0.29, 0.717) is 0 Å². The van der Waals surface area contributed by atoms with E-state index in [0.717, 1.165) is 43.7 Å². The minimum atomic E-state index is -0.737. The number of guanidine groups is 1. The molecule has 3 heterocycles. The van der Waals surface area contributed by atoms with Crippen LogP contribution in [0.4, 0.5) is 11.6 Å². The molecule has 34 heavy (non-hydrogen) atoms. The monoisotopic (exact) mass is 483 g/mol. The molecule has 0 saturated carbocycles. The number of likely N-dealkylation sites (tertiary alicyclic amines) is 1. The van der Waals surface area contributed by atoms with Crippen LogP contribution < -0.4 is 22.5 Å². The van der Waals surface area contributed by atoms with Gasteiger partial charge in [-0.1, -0.05) is 41.1 Å². The summed E-state index contributed by atoms with van der Waals surface area (Å²) in [5.74, 6) is -0.947. The molecule has 2 aromatic heterocycles. The van der Waals surface area contributed by atoms with Crippen LogP contribution in [0.1, 0.15) is 28.9 Å². The maximum Gasteiger partial charge on any atom is 0.302 e. The third-order valence-corrected chi connectivity index (χ3v) is 5.81. The van der Waals surface area contributed by atoms with Gasteiger partial charge in [0.1, 0.15) is 5.69 Å². The predicted molar refractivity (Wildman–Crippen MR) is 130 cm³/mol. The molecular formula is C21H26ClN11O. The number of carbonyl (C=O) groups excluding carboxylic acids is 1. The number of nitrogens with zero attached hydrogens (tertiary/aromatic N) is 7. The van der Waals surface area contributed by atoms with Crippen LogP contribution in [0.15, 0.2) is 35.5 Å². The molecule has 0 spiro atoms. The highest BCUT2D eigenvalue weighted by Gasteiger charge is 2.21. The molecule has 7 N–H and O–H groups in total. The maximum absolute atomic E-state index is 12.3. The van der Waals surface area contributed by atoms with Crippen LogP contribution in [0.25, 0.3) is 11.3 Å². The average molecular weight is 484 g/mol. The molecule has 3 aromatic rings. The Hall–Kier alpha value is -3.77. The number of benzene rings is 1. The van der Waals surface area contributed by atoms with Crippen LogP contribution in [-0.2, 0) is 13.6 Å². The Labute approximate surface area is 201 Å². The van der Waals surface area contributed by atoms with E-state index in [1.54, 1.807) is 4.68 Å². The van der Waals surface area contributed by atoms with Crippen LogP contribution in [0, 0.1) is 0 Å². The van der Waals surface area contributed by atoms with E-state index in [2.05, 4.69) is 59.8 Å². The lowest BCUT2D eigenvalue weighted by Crippen LogP contribution is -2.47. The van der Waals surface area contributed by atoms with Crippen molar-refractivity contribution in [3.63, 3.8) is 0 Å². The molecular weight excluding hydrogens is 458 g/mol. The molecule has 1 aliphatic heterocycles. The minimum absolute atomic E-state index is 0.00259. The Balaban J connectivity index is 1.27. The number of amides is 1. The maximum atomic E-state index is 12.3. The van der Waals surface area contributed by atoms with Gasteiger partial charge in [-0.2, -0.15) is 4.99 Å². The van der Waals surface area contributed by atoms with Crippen molar-refractivity contribution < 1.29 is 4.79 Å². The quantitative estimate of drug-likeness (QED) is 0.299. The van der Waals surface area contributed by atoms with Crippen molar-refractivity contribution in [1.29, 1.82) is 0 Å². The first-order valence-corrected chi connectivity index (χ1v) is 11.1. The van der Waals surface area contributed by atoms with Crippen molar-refractivity contribution in [2.45, 2.75) is 25.4 Å². The summed E-state index contributed by atoms with van der Waals surface area (Å²) in [6.07, 6.45) is 3.61. The molecule has 12 nitrogen and oxygen atoms in total. The van der Waals surface area contributed by atoms with Gasteiger partial charge in [-0.05, 0) is 18.4 Å². The van der Waals surface area contributed by atoms with Crippen LogP contribution in [0.2, 0.25) is 5.15 Å². The van der Waals surface area contributed by atoms with E-state index < -0.39 is 5.91 Å². The summed E-state index contributed by atoms with van der Waals surface area (Å²) in [4.78, 5) is 26.2. The summed E-state index contributed by atoms with van der Waals surface area (Å²) >= 11 is 5.82. The van der Waals surface area contributed by atoms with Gasteiger partial charge in [0.15, 0.2) is 28.4 Å². The second-order valence-electron chi connectivity index (χ2n) is 8.10. The van der Waals surface area contributed by atoms with Gasteiger partial charge in [0.25, 0.3) is 0 Å². The number of halogens is 1. The fourth-order valence-corrected chi connectivity index (χ4v) is 3.88. The zero-order valence-corrected chi connectivity index (χ0v) is 19.4. The number of piperidine rings is 1. The number of nitrogen functional groups attached to an aromatic ring is 2. The van der Waals surface area contributed by atoms with Crippen LogP contribution in [0.3, 0.4) is 0 Å². The van der Waals surface area contributed by atoms with Crippen molar-refractivity contribution >= 4 is 35.1 Å². The molecule has 0 atom stereocenters. The van der Waals surface area contributed by atoms with Crippen LogP contribution >= 0.6 is 11.6 Å². The third-order valence-electron chi connectivity index (χ3n) is 5.53. The zero-order valence-electron chi connectivity index (χ0n) is 18.6. The van der Waals surface area contributed by atoms with Gasteiger partial charge in [-0.3, -0.25) is 14.4 Å². The highest BCUT2D eigenvalue weighted by atomic mass is 35.5. The smallest absolute Gasteiger partial charge is 0.302 e. The van der Waals surface area contributed by atoms with E-state index in [1.807, 2.05) is 13.2 Å². The predicted octanol–water partition coefficient (Wildman–Crippen LogP) is 0.799. The standard InChI is InChI=1S/C21H26ClN11O/c1-32-11-15(30-31-32)13-4-2-12(3-5-13)10-33-8-6-14(7-9-33)26-21(25)29-20(34)16-18(23)28-19(24)17(22)27-16/h2-5,11,14H,6-10H2,1H3,(H4,23,24,28)(H3,25,26,29,34). The normalized spacial score (nSPS) is 15.4. The van der Waals surface area contributed by atoms with Gasteiger partial charge < -0.3 is 22.5 Å². The zero-order chi connectivity index (χ0) is 24.2. The SMILES string of the molecule is Cn1cc(-c2ccc(CN3CCC(N/C(N)=N/C(=O)c4nc(Cl)c(N)nc4N)CC3)cc2)nn1. The van der Waals surface area contributed by atoms with Gasteiger partial charge in [0.2, 0.25) is 0 Å². The Morgan fingerprint density at radius 1 is 1.18 bits per heavy atom. The largest absolute Gasteiger partial charge is 0.382 e. The number of rotatable bonds is 5. The number of aryl methyl sites for hydroxylation is 1. The van der Waals surface area contributed by atoms with E-state index in [4.69, 9.17) is 28.8 Å². The third kappa shape index (κ3) is 5.58. The number of nitrogens with one attached hydrogen (secondary N) is 1. The van der Waals surface area contributed by atoms with E-state index >= 15 is 0 Å². The molecule has 4 rings (SSSR count). The molecule has 0 bridgehead atoms. The summed E-state index contributed by atoms with van der Waals surface area (Å²) in [6, 6.07) is 8.46. The Morgan fingerprint density at radius 3 is 2.53 bits per heavy atom. The van der Waals surface area contributed by atoms with E-state index in [1.165, 1.54) is 5.56 Å². The first-order valence-electron chi connectivity index (χ1n) is 10.7. The minimum Gasteiger partial charge on any atom is -0.382 e. The average Bonchev–Trinajstić information content (AvgIpc) is 3.24. The lowest BCUT2D eigenvalue weighted by Gasteiger charge is -2.32. The fraction of sp³-hybridized carbons (Fsp3) is 0.333. The molecule has 178 valence electrons. The number of aromatic nitrogens is 5. The number of hydrogen-bond donors (Lipinski definition) is 4.